The lowest BCUT2D eigenvalue weighted by Gasteiger charge is -2.31. The molecule has 3 atom stereocenters. The molecule has 15 nitrogen and oxygen atoms in total. The number of hydrogen-bond donors (Lipinski definition) is 1. The van der Waals surface area contributed by atoms with E-state index < -0.39 is 23.8 Å². The van der Waals surface area contributed by atoms with E-state index in [1.54, 1.807) is 36.0 Å². The van der Waals surface area contributed by atoms with Crippen molar-refractivity contribution < 1.29 is 32.5 Å². The number of fused-ring (bicyclic) bond motifs is 8. The predicted octanol–water partition coefficient (Wildman–Crippen LogP) is 4.15. The fraction of sp³-hybridized carbons (Fsp3) is 0.368. The van der Waals surface area contributed by atoms with Gasteiger partial charge in [-0.05, 0) is 43.7 Å². The molecule has 1 amide bonds. The van der Waals surface area contributed by atoms with Gasteiger partial charge in [-0.15, -0.1) is 0 Å². The van der Waals surface area contributed by atoms with Gasteiger partial charge in [-0.25, -0.2) is 23.4 Å². The molecule has 0 aliphatic carbocycles. The Balaban J connectivity index is 1.16. The number of anilines is 2. The van der Waals surface area contributed by atoms with Gasteiger partial charge < -0.3 is 38.6 Å². The van der Waals surface area contributed by atoms with Crippen molar-refractivity contribution in [1.29, 1.82) is 0 Å². The zero-order chi connectivity index (χ0) is 37.8. The Bertz CT molecular complexity index is 2440. The molecule has 3 aliphatic heterocycles. The summed E-state index contributed by atoms with van der Waals surface area (Å²) < 4.78 is 56.6. The first-order valence-corrected chi connectivity index (χ1v) is 18.1. The van der Waals surface area contributed by atoms with Crippen LogP contribution in [0.1, 0.15) is 12.2 Å². The lowest BCUT2D eigenvalue weighted by molar-refractivity contribution is -0.132. The third-order valence-corrected chi connectivity index (χ3v) is 10.3. The molecule has 0 radical (unpaired) electrons. The van der Waals surface area contributed by atoms with Gasteiger partial charge in [0.2, 0.25) is 5.91 Å². The summed E-state index contributed by atoms with van der Waals surface area (Å²) in [7, 11) is 3.37. The lowest BCUT2D eigenvalue weighted by Crippen LogP contribution is -2.47. The normalized spacial score (nSPS) is 20.5. The van der Waals surface area contributed by atoms with Crippen LogP contribution in [0.3, 0.4) is 0 Å². The second kappa shape index (κ2) is 14.0. The summed E-state index contributed by atoms with van der Waals surface area (Å²) in [6.07, 6.45) is 1.60. The number of aryl methyl sites for hydroxylation is 1. The van der Waals surface area contributed by atoms with E-state index in [2.05, 4.69) is 15.4 Å². The van der Waals surface area contributed by atoms with Gasteiger partial charge in [0, 0.05) is 51.0 Å². The molecule has 1 fully saturated rings. The topological polar surface area (TPSA) is 147 Å². The molecule has 17 heteroatoms. The highest BCUT2D eigenvalue weighted by molar-refractivity contribution is 5.94. The quantitative estimate of drug-likeness (QED) is 0.271. The van der Waals surface area contributed by atoms with Crippen LogP contribution in [-0.2, 0) is 20.8 Å². The standard InChI is InChI=1S/C38H38F2N10O5/c1-21-42-29-14-23(40)13-26-28-5-4-6-33(44-28)43-24-16-31(37(51)47(2)19-25(52-3)20-48(21)34(26)29)49(18-24)35-27-17-41-50-30-8-7-22(39)15-32(30)54-11-9-53-10-12-55-38(45-35)46-36(27)50/h4-8,13-15,17,24-25,31H,9-12,16,18-20H2,1-3H3,(H,43,44)/t24-,25+,31-/m0/s1. The molecule has 1 saturated heterocycles. The maximum Gasteiger partial charge on any atom is 0.320 e. The number of aromatic nitrogens is 7. The van der Waals surface area contributed by atoms with Gasteiger partial charge in [0.1, 0.15) is 59.8 Å². The monoisotopic (exact) mass is 752 g/mol. The van der Waals surface area contributed by atoms with E-state index >= 15 is 4.39 Å². The van der Waals surface area contributed by atoms with Gasteiger partial charge in [0.05, 0.1) is 54.2 Å². The second-order valence-electron chi connectivity index (χ2n) is 13.9. The average molecular weight is 753 g/mol. The predicted molar refractivity (Wildman–Crippen MR) is 198 cm³/mol. The second-order valence-corrected chi connectivity index (χ2v) is 13.9. The van der Waals surface area contributed by atoms with Crippen molar-refractivity contribution in [3.8, 4) is 28.7 Å². The SMILES string of the molecule is CO[C@@H]1CN(C)C(=O)[C@@H]2C[C@@H](CN2c2nc3nc4c2cnn4-c2ccc(F)cc2OCCOCCO3)Nc2cccc(n2)-c2cc(F)cc3nc(C)n(c23)C1. The molecule has 4 aromatic heterocycles. The van der Waals surface area contributed by atoms with Crippen LogP contribution in [0.15, 0.2) is 54.7 Å². The van der Waals surface area contributed by atoms with Gasteiger partial charge in [0.15, 0.2) is 5.65 Å². The van der Waals surface area contributed by atoms with Gasteiger partial charge in [-0.1, -0.05) is 6.07 Å². The number of amides is 1. The number of ether oxygens (including phenoxy) is 4. The number of pyridine rings is 1. The minimum atomic E-state index is -0.675. The number of nitrogens with zero attached hydrogens (tertiary/aromatic N) is 9. The van der Waals surface area contributed by atoms with Crippen molar-refractivity contribution in [2.24, 2.45) is 0 Å². The summed E-state index contributed by atoms with van der Waals surface area (Å²) in [5.41, 5.74) is 3.27. The van der Waals surface area contributed by atoms with Crippen LogP contribution in [0.4, 0.5) is 20.4 Å². The minimum absolute atomic E-state index is 0.0662. The summed E-state index contributed by atoms with van der Waals surface area (Å²) in [6, 6.07) is 11.8. The number of carbonyl (C=O) groups excluding carboxylic acids is 1. The van der Waals surface area contributed by atoms with E-state index in [9.17, 15) is 9.18 Å². The highest BCUT2D eigenvalue weighted by Crippen LogP contribution is 2.37. The van der Waals surface area contributed by atoms with Gasteiger partial charge in [0.25, 0.3) is 0 Å². The lowest BCUT2D eigenvalue weighted by atomic mass is 10.1. The molecule has 0 spiro atoms. The summed E-state index contributed by atoms with van der Waals surface area (Å²) in [5.74, 6) is 0.922. The fourth-order valence-electron chi connectivity index (χ4n) is 7.73. The number of imidazole rings is 1. The van der Waals surface area contributed by atoms with Crippen LogP contribution >= 0.6 is 0 Å². The number of likely N-dealkylation sites (N-methyl/N-ethyl adjacent to an activating group) is 1. The summed E-state index contributed by atoms with van der Waals surface area (Å²) in [4.78, 5) is 37.5. The van der Waals surface area contributed by atoms with Crippen molar-refractivity contribution in [3.63, 3.8) is 0 Å². The Morgan fingerprint density at radius 3 is 2.64 bits per heavy atom. The molecule has 3 aliphatic rings. The van der Waals surface area contributed by atoms with Crippen LogP contribution in [0.5, 0.6) is 11.8 Å². The molecule has 55 heavy (non-hydrogen) atoms. The van der Waals surface area contributed by atoms with E-state index in [1.807, 2.05) is 34.6 Å². The summed E-state index contributed by atoms with van der Waals surface area (Å²) in [6.45, 7) is 3.68. The van der Waals surface area contributed by atoms with Crippen molar-refractivity contribution in [2.75, 3.05) is 63.9 Å². The first-order chi connectivity index (χ1) is 26.7. The highest BCUT2D eigenvalue weighted by Gasteiger charge is 2.41. The smallest absolute Gasteiger partial charge is 0.320 e. The molecule has 6 aromatic rings. The van der Waals surface area contributed by atoms with Crippen LogP contribution in [0.25, 0.3) is 39.0 Å². The average Bonchev–Trinajstić information content (AvgIpc) is 3.87. The van der Waals surface area contributed by atoms with Crippen molar-refractivity contribution in [2.45, 2.75) is 38.1 Å². The molecule has 1 N–H and O–H groups in total. The number of methoxy groups -OCH3 is 1. The number of benzene rings is 2. The van der Waals surface area contributed by atoms with Crippen LogP contribution < -0.4 is 19.7 Å². The molecular formula is C38H38F2N10O5. The van der Waals surface area contributed by atoms with Gasteiger partial charge >= 0.3 is 6.01 Å². The van der Waals surface area contributed by atoms with Crippen LogP contribution in [0, 0.1) is 18.6 Å². The van der Waals surface area contributed by atoms with Crippen molar-refractivity contribution in [1.82, 2.24) is 39.2 Å². The Labute approximate surface area is 313 Å². The number of hydrogen-bond acceptors (Lipinski definition) is 12. The Morgan fingerprint density at radius 1 is 0.927 bits per heavy atom. The third-order valence-electron chi connectivity index (χ3n) is 10.3. The third kappa shape index (κ3) is 6.42. The zero-order valence-electron chi connectivity index (χ0n) is 30.4. The largest absolute Gasteiger partial charge is 0.489 e. The summed E-state index contributed by atoms with van der Waals surface area (Å²) >= 11 is 0. The number of halogens is 2. The summed E-state index contributed by atoms with van der Waals surface area (Å²) in [5, 5.41) is 8.76. The molecular weight excluding hydrogens is 714 g/mol. The maximum atomic E-state index is 15.1. The minimum Gasteiger partial charge on any atom is -0.489 e. The van der Waals surface area contributed by atoms with E-state index in [1.165, 1.54) is 24.3 Å². The molecule has 7 heterocycles. The molecule has 0 saturated carbocycles. The highest BCUT2D eigenvalue weighted by atomic mass is 19.1. The molecule has 0 unspecified atom stereocenters. The zero-order valence-corrected chi connectivity index (χ0v) is 30.4. The maximum absolute atomic E-state index is 15.1. The molecule has 2 aromatic carbocycles. The van der Waals surface area contributed by atoms with Gasteiger partial charge in [-0.2, -0.15) is 15.1 Å². The van der Waals surface area contributed by atoms with Crippen LogP contribution in [-0.4, -0.2) is 117 Å². The van der Waals surface area contributed by atoms with E-state index in [4.69, 9.17) is 33.9 Å². The van der Waals surface area contributed by atoms with Crippen molar-refractivity contribution in [3.05, 3.63) is 72.2 Å². The van der Waals surface area contributed by atoms with E-state index in [0.29, 0.717) is 70.5 Å². The number of rotatable bonds is 2. The van der Waals surface area contributed by atoms with Gasteiger partial charge in [-0.3, -0.25) is 4.79 Å². The first-order valence-electron chi connectivity index (χ1n) is 18.1. The first kappa shape index (κ1) is 34.8. The van der Waals surface area contributed by atoms with Crippen LogP contribution in [0.2, 0.25) is 0 Å². The Kier molecular flexibility index (Phi) is 8.89. The van der Waals surface area contributed by atoms with Crippen molar-refractivity contribution >= 4 is 39.6 Å². The Hall–Kier alpha value is -5.94. The van der Waals surface area contributed by atoms with E-state index in [0.717, 1.165) is 5.52 Å². The molecule has 284 valence electrons. The number of nitrogens with one attached hydrogen (secondary N) is 1. The Morgan fingerprint density at radius 2 is 1.78 bits per heavy atom. The van der Waals surface area contributed by atoms with E-state index in [-0.39, 0.29) is 56.7 Å². The number of carbonyl (C=O) groups is 1. The fourth-order valence-corrected chi connectivity index (χ4v) is 7.73. The molecule has 9 rings (SSSR count). The molecule has 6 bridgehead atoms.